The molecule has 1 N–H and O–H groups in total. The molecule has 0 amide bonds. The molecule has 0 saturated carbocycles. The molecule has 0 aliphatic carbocycles. The van der Waals surface area contributed by atoms with Crippen molar-refractivity contribution >= 4 is 38.3 Å². The molecule has 158 valence electrons. The zero-order chi connectivity index (χ0) is 21.1. The molecule has 2 aromatic heterocycles. The standard InChI is InChI=1S/C19H22N6O3S2/c1-14-13-17(23-19-20-7-12-29-19)22-18(21-14)24-8-10-25(11-9-24)30(26,27)16-5-3-15(28-2)4-6-16/h3-7,12-13H,8-11H2,1-2H3,(H,20,21,22,23). The number of aromatic nitrogens is 3. The van der Waals surface area contributed by atoms with E-state index in [-0.39, 0.29) is 4.90 Å². The van der Waals surface area contributed by atoms with Crippen LogP contribution in [0.3, 0.4) is 0 Å². The molecule has 3 heterocycles. The van der Waals surface area contributed by atoms with Crippen LogP contribution in [0.4, 0.5) is 16.9 Å². The molecule has 0 bridgehead atoms. The fraction of sp³-hybridized carbons (Fsp3) is 0.316. The molecule has 30 heavy (non-hydrogen) atoms. The fourth-order valence-electron chi connectivity index (χ4n) is 3.18. The van der Waals surface area contributed by atoms with Gasteiger partial charge < -0.3 is 15.0 Å². The lowest BCUT2D eigenvalue weighted by molar-refractivity contribution is 0.382. The zero-order valence-corrected chi connectivity index (χ0v) is 18.3. The second-order valence-corrected chi connectivity index (χ2v) is 9.56. The Labute approximate surface area is 179 Å². The number of nitrogens with zero attached hydrogens (tertiary/aromatic N) is 5. The Morgan fingerprint density at radius 3 is 2.47 bits per heavy atom. The van der Waals surface area contributed by atoms with E-state index in [2.05, 4.69) is 20.3 Å². The number of nitrogens with one attached hydrogen (secondary N) is 1. The first-order valence-electron chi connectivity index (χ1n) is 9.37. The van der Waals surface area contributed by atoms with Crippen molar-refractivity contribution < 1.29 is 13.2 Å². The van der Waals surface area contributed by atoms with Crippen LogP contribution in [0.1, 0.15) is 5.69 Å². The van der Waals surface area contributed by atoms with Gasteiger partial charge in [-0.1, -0.05) is 0 Å². The van der Waals surface area contributed by atoms with Crippen LogP contribution < -0.4 is 15.0 Å². The molecule has 3 aromatic rings. The Hall–Kier alpha value is -2.76. The van der Waals surface area contributed by atoms with Crippen molar-refractivity contribution in [3.63, 3.8) is 0 Å². The number of hydrogen-bond donors (Lipinski definition) is 1. The first-order valence-corrected chi connectivity index (χ1v) is 11.7. The van der Waals surface area contributed by atoms with Gasteiger partial charge in [0.05, 0.1) is 12.0 Å². The molecular formula is C19H22N6O3S2. The van der Waals surface area contributed by atoms with Crippen molar-refractivity contribution in [2.45, 2.75) is 11.8 Å². The second kappa shape index (κ2) is 8.54. The molecule has 1 aliphatic heterocycles. The van der Waals surface area contributed by atoms with E-state index in [1.54, 1.807) is 37.6 Å². The van der Waals surface area contributed by atoms with E-state index in [0.29, 0.717) is 43.7 Å². The topological polar surface area (TPSA) is 101 Å². The highest BCUT2D eigenvalue weighted by Crippen LogP contribution is 2.23. The summed E-state index contributed by atoms with van der Waals surface area (Å²) in [5.74, 6) is 1.87. The van der Waals surface area contributed by atoms with E-state index in [9.17, 15) is 8.42 Å². The largest absolute Gasteiger partial charge is 0.497 e. The summed E-state index contributed by atoms with van der Waals surface area (Å²) >= 11 is 1.49. The summed E-state index contributed by atoms with van der Waals surface area (Å²) in [6.07, 6.45) is 1.73. The van der Waals surface area contributed by atoms with E-state index in [0.717, 1.165) is 10.8 Å². The maximum atomic E-state index is 12.9. The Balaban J connectivity index is 1.45. The number of ether oxygens (including phenoxy) is 1. The summed E-state index contributed by atoms with van der Waals surface area (Å²) in [4.78, 5) is 15.6. The Morgan fingerprint density at radius 1 is 1.10 bits per heavy atom. The van der Waals surface area contributed by atoms with Gasteiger partial charge in [0, 0.05) is 49.5 Å². The lowest BCUT2D eigenvalue weighted by Crippen LogP contribution is -2.49. The number of thiazole rings is 1. The molecule has 1 fully saturated rings. The van der Waals surface area contributed by atoms with Crippen LogP contribution in [0.5, 0.6) is 5.75 Å². The maximum Gasteiger partial charge on any atom is 0.243 e. The molecule has 1 aromatic carbocycles. The summed E-state index contributed by atoms with van der Waals surface area (Å²) in [6.45, 7) is 3.65. The summed E-state index contributed by atoms with van der Waals surface area (Å²) in [5.41, 5.74) is 0.826. The molecular weight excluding hydrogens is 424 g/mol. The highest BCUT2D eigenvalue weighted by Gasteiger charge is 2.29. The third-order valence-electron chi connectivity index (χ3n) is 4.73. The fourth-order valence-corrected chi connectivity index (χ4v) is 5.14. The van der Waals surface area contributed by atoms with Gasteiger partial charge in [-0.2, -0.15) is 9.29 Å². The van der Waals surface area contributed by atoms with E-state index >= 15 is 0 Å². The van der Waals surface area contributed by atoms with Crippen LogP contribution in [0, 0.1) is 6.92 Å². The van der Waals surface area contributed by atoms with Gasteiger partial charge in [-0.05, 0) is 31.2 Å². The summed E-state index contributed by atoms with van der Waals surface area (Å²) in [7, 11) is -2.00. The Morgan fingerprint density at radius 2 is 1.83 bits per heavy atom. The lowest BCUT2D eigenvalue weighted by Gasteiger charge is -2.34. The molecule has 0 spiro atoms. The normalized spacial score (nSPS) is 15.2. The molecule has 0 atom stereocenters. The summed E-state index contributed by atoms with van der Waals surface area (Å²) in [6, 6.07) is 8.30. The van der Waals surface area contributed by atoms with Crippen LogP contribution >= 0.6 is 11.3 Å². The average molecular weight is 447 g/mol. The monoisotopic (exact) mass is 446 g/mol. The zero-order valence-electron chi connectivity index (χ0n) is 16.6. The molecule has 1 saturated heterocycles. The molecule has 0 unspecified atom stereocenters. The smallest absolute Gasteiger partial charge is 0.243 e. The predicted octanol–water partition coefficient (Wildman–Crippen LogP) is 2.50. The SMILES string of the molecule is COc1ccc(S(=O)(=O)N2CCN(c3nc(C)cc(Nc4nccs4)n3)CC2)cc1. The van der Waals surface area contributed by atoms with Gasteiger partial charge >= 0.3 is 0 Å². The first-order chi connectivity index (χ1) is 14.5. The molecule has 9 nitrogen and oxygen atoms in total. The van der Waals surface area contributed by atoms with Gasteiger partial charge in [0.15, 0.2) is 5.13 Å². The van der Waals surface area contributed by atoms with Crippen molar-refractivity contribution in [1.82, 2.24) is 19.3 Å². The molecule has 1 aliphatic rings. The van der Waals surface area contributed by atoms with Crippen LogP contribution in [0.15, 0.2) is 46.8 Å². The minimum atomic E-state index is -3.55. The van der Waals surface area contributed by atoms with Crippen LogP contribution in [-0.4, -0.2) is 61.0 Å². The number of piperazine rings is 1. The number of rotatable bonds is 6. The minimum Gasteiger partial charge on any atom is -0.497 e. The average Bonchev–Trinajstić information content (AvgIpc) is 3.26. The first kappa shape index (κ1) is 20.5. The van der Waals surface area contributed by atoms with E-state index in [1.165, 1.54) is 15.6 Å². The predicted molar refractivity (Wildman–Crippen MR) is 116 cm³/mol. The quantitative estimate of drug-likeness (QED) is 0.616. The highest BCUT2D eigenvalue weighted by atomic mass is 32.2. The third-order valence-corrected chi connectivity index (χ3v) is 7.33. The number of anilines is 3. The minimum absolute atomic E-state index is 0.262. The summed E-state index contributed by atoms with van der Waals surface area (Å²) in [5, 5.41) is 5.83. The van der Waals surface area contributed by atoms with Gasteiger partial charge in [-0.3, -0.25) is 0 Å². The Bertz CT molecular complexity index is 1100. The van der Waals surface area contributed by atoms with Gasteiger partial charge in [0.1, 0.15) is 11.6 Å². The van der Waals surface area contributed by atoms with Crippen molar-refractivity contribution in [2.24, 2.45) is 0 Å². The number of benzene rings is 1. The number of aryl methyl sites for hydroxylation is 1. The van der Waals surface area contributed by atoms with Gasteiger partial charge in [0.25, 0.3) is 0 Å². The van der Waals surface area contributed by atoms with Gasteiger partial charge in [0.2, 0.25) is 16.0 Å². The van der Waals surface area contributed by atoms with Crippen molar-refractivity contribution in [1.29, 1.82) is 0 Å². The lowest BCUT2D eigenvalue weighted by atomic mass is 10.3. The van der Waals surface area contributed by atoms with Gasteiger partial charge in [-0.15, -0.1) is 11.3 Å². The van der Waals surface area contributed by atoms with E-state index in [4.69, 9.17) is 4.74 Å². The number of hydrogen-bond acceptors (Lipinski definition) is 9. The Kier molecular flexibility index (Phi) is 5.84. The maximum absolute atomic E-state index is 12.9. The molecule has 11 heteroatoms. The number of methoxy groups -OCH3 is 1. The van der Waals surface area contributed by atoms with Crippen LogP contribution in [0.2, 0.25) is 0 Å². The van der Waals surface area contributed by atoms with E-state index in [1.807, 2.05) is 23.3 Å². The third kappa shape index (κ3) is 4.37. The second-order valence-electron chi connectivity index (χ2n) is 6.72. The number of sulfonamides is 1. The van der Waals surface area contributed by atoms with Gasteiger partial charge in [-0.25, -0.2) is 18.4 Å². The van der Waals surface area contributed by atoms with E-state index < -0.39 is 10.0 Å². The highest BCUT2D eigenvalue weighted by molar-refractivity contribution is 7.89. The van der Waals surface area contributed by atoms with Crippen LogP contribution in [-0.2, 0) is 10.0 Å². The van der Waals surface area contributed by atoms with Crippen molar-refractivity contribution in [3.05, 3.63) is 47.6 Å². The summed E-state index contributed by atoms with van der Waals surface area (Å²) < 4.78 is 32.5. The molecule has 4 rings (SSSR count). The van der Waals surface area contributed by atoms with Crippen molar-refractivity contribution in [3.8, 4) is 5.75 Å². The van der Waals surface area contributed by atoms with Crippen molar-refractivity contribution in [2.75, 3.05) is 43.5 Å². The molecule has 0 radical (unpaired) electrons. The van der Waals surface area contributed by atoms with Crippen LogP contribution in [0.25, 0.3) is 0 Å².